The molecule has 1 aromatic rings. The van der Waals surface area contributed by atoms with Gasteiger partial charge in [-0.25, -0.2) is 0 Å². The third kappa shape index (κ3) is 3.97. The van der Waals surface area contributed by atoms with Crippen molar-refractivity contribution in [2.24, 2.45) is 0 Å². The van der Waals surface area contributed by atoms with Crippen LogP contribution in [-0.4, -0.2) is 11.6 Å². The predicted molar refractivity (Wildman–Crippen MR) is 84.5 cm³/mol. The second kappa shape index (κ2) is 6.17. The van der Waals surface area contributed by atoms with Gasteiger partial charge in [0.1, 0.15) is 17.1 Å². The van der Waals surface area contributed by atoms with Gasteiger partial charge in [0, 0.05) is 6.92 Å². The van der Waals surface area contributed by atoms with Crippen LogP contribution in [-0.2, 0) is 4.79 Å². The number of allylic oxidation sites excluding steroid dienone is 2. The summed E-state index contributed by atoms with van der Waals surface area (Å²) in [5.41, 5.74) is 1.82. The minimum atomic E-state index is -0.326. The molecule has 1 aromatic carbocycles. The third-order valence-electron chi connectivity index (χ3n) is 3.42. The summed E-state index contributed by atoms with van der Waals surface area (Å²) in [6.45, 7) is 7.67. The van der Waals surface area contributed by atoms with Crippen LogP contribution in [0.25, 0.3) is 6.08 Å². The van der Waals surface area contributed by atoms with Crippen molar-refractivity contribution < 1.29 is 14.3 Å². The van der Waals surface area contributed by atoms with Gasteiger partial charge < -0.3 is 9.47 Å². The Balaban J connectivity index is 2.18. The highest BCUT2D eigenvalue weighted by Crippen LogP contribution is 2.38. The highest BCUT2D eigenvalue weighted by molar-refractivity contribution is 5.74. The second-order valence-corrected chi connectivity index (χ2v) is 5.83. The van der Waals surface area contributed by atoms with Crippen molar-refractivity contribution in [2.75, 3.05) is 0 Å². The molecule has 0 spiro atoms. The summed E-state index contributed by atoms with van der Waals surface area (Å²) in [5.74, 6) is 0.979. The highest BCUT2D eigenvalue weighted by Gasteiger charge is 2.28. The monoisotopic (exact) mass is 286 g/mol. The van der Waals surface area contributed by atoms with Gasteiger partial charge in [0.15, 0.2) is 0 Å². The first-order valence-electron chi connectivity index (χ1n) is 7.23. The van der Waals surface area contributed by atoms with Crippen LogP contribution in [0.3, 0.4) is 0 Å². The first kappa shape index (κ1) is 15.4. The normalized spacial score (nSPS) is 19.4. The number of fused-ring (bicyclic) bond motifs is 1. The van der Waals surface area contributed by atoms with E-state index in [1.807, 2.05) is 24.3 Å². The smallest absolute Gasteiger partial charge is 0.308 e. The van der Waals surface area contributed by atoms with E-state index in [4.69, 9.17) is 9.47 Å². The molecule has 1 heterocycles. The Morgan fingerprint density at radius 2 is 2.10 bits per heavy atom. The van der Waals surface area contributed by atoms with Gasteiger partial charge in [-0.3, -0.25) is 4.79 Å². The molecule has 112 valence electrons. The van der Waals surface area contributed by atoms with Crippen molar-refractivity contribution in [1.29, 1.82) is 0 Å². The molecular weight excluding hydrogens is 264 g/mol. The minimum Gasteiger partial charge on any atom is -0.483 e. The summed E-state index contributed by atoms with van der Waals surface area (Å²) in [5, 5.41) is 0. The average Bonchev–Trinajstić information content (AvgIpc) is 2.37. The Morgan fingerprint density at radius 3 is 2.76 bits per heavy atom. The maximum absolute atomic E-state index is 11.1. The van der Waals surface area contributed by atoms with Crippen LogP contribution >= 0.6 is 0 Å². The quantitative estimate of drug-likeness (QED) is 0.463. The summed E-state index contributed by atoms with van der Waals surface area (Å²) >= 11 is 0. The van der Waals surface area contributed by atoms with Crippen molar-refractivity contribution in [1.82, 2.24) is 0 Å². The van der Waals surface area contributed by atoms with Gasteiger partial charge in [-0.1, -0.05) is 17.7 Å². The van der Waals surface area contributed by atoms with E-state index in [0.717, 1.165) is 24.2 Å². The first-order chi connectivity index (χ1) is 9.89. The molecule has 0 fully saturated rings. The van der Waals surface area contributed by atoms with E-state index < -0.39 is 0 Å². The first-order valence-corrected chi connectivity index (χ1v) is 7.23. The van der Waals surface area contributed by atoms with Crippen LogP contribution in [0.5, 0.6) is 11.5 Å². The van der Waals surface area contributed by atoms with Crippen molar-refractivity contribution in [3.8, 4) is 11.5 Å². The number of hydrogen-bond acceptors (Lipinski definition) is 3. The number of hydrogen-bond donors (Lipinski definition) is 0. The highest BCUT2D eigenvalue weighted by atomic mass is 16.5. The Bertz CT molecular complexity index is 594. The maximum Gasteiger partial charge on any atom is 0.308 e. The fourth-order valence-electron chi connectivity index (χ4n) is 2.35. The summed E-state index contributed by atoms with van der Waals surface area (Å²) in [7, 11) is 0. The molecule has 0 radical (unpaired) electrons. The lowest BCUT2D eigenvalue weighted by Gasteiger charge is -2.32. The SMILES string of the molecule is CC(=O)Oc1cccc2c1C=C[C@@](C)(CCC=C(C)C)O2. The van der Waals surface area contributed by atoms with E-state index in [2.05, 4.69) is 26.8 Å². The standard InChI is InChI=1S/C18H22O3/c1-13(2)7-6-11-18(4)12-10-15-16(20-14(3)19)8-5-9-17(15)21-18/h5,7-10,12H,6,11H2,1-4H3/t18-/m1/s1. The lowest BCUT2D eigenvalue weighted by Crippen LogP contribution is -2.31. The van der Waals surface area contributed by atoms with Gasteiger partial charge in [0.2, 0.25) is 0 Å². The van der Waals surface area contributed by atoms with Crippen molar-refractivity contribution in [3.05, 3.63) is 41.5 Å². The van der Waals surface area contributed by atoms with Crippen molar-refractivity contribution in [3.63, 3.8) is 0 Å². The second-order valence-electron chi connectivity index (χ2n) is 5.83. The van der Waals surface area contributed by atoms with Crippen LogP contribution in [0.2, 0.25) is 0 Å². The summed E-state index contributed by atoms with van der Waals surface area (Å²) in [6.07, 6.45) is 8.13. The van der Waals surface area contributed by atoms with E-state index in [1.165, 1.54) is 12.5 Å². The van der Waals surface area contributed by atoms with Gasteiger partial charge in [-0.2, -0.15) is 0 Å². The fourth-order valence-corrected chi connectivity index (χ4v) is 2.35. The summed E-state index contributed by atoms with van der Waals surface area (Å²) in [6, 6.07) is 5.53. The molecule has 2 rings (SSSR count). The maximum atomic E-state index is 11.1. The van der Waals surface area contributed by atoms with Crippen LogP contribution in [0.15, 0.2) is 35.9 Å². The minimum absolute atomic E-state index is 0.325. The topological polar surface area (TPSA) is 35.5 Å². The lowest BCUT2D eigenvalue weighted by molar-refractivity contribution is -0.131. The molecule has 1 aliphatic rings. The van der Waals surface area contributed by atoms with Crippen molar-refractivity contribution >= 4 is 12.0 Å². The Kier molecular flexibility index (Phi) is 4.51. The molecule has 0 aromatic heterocycles. The molecular formula is C18H22O3. The summed E-state index contributed by atoms with van der Waals surface area (Å²) in [4.78, 5) is 11.1. The van der Waals surface area contributed by atoms with Gasteiger partial charge >= 0.3 is 5.97 Å². The zero-order valence-electron chi connectivity index (χ0n) is 13.1. The Morgan fingerprint density at radius 1 is 1.33 bits per heavy atom. The zero-order chi connectivity index (χ0) is 15.5. The average molecular weight is 286 g/mol. The Labute approximate surface area is 126 Å². The van der Waals surface area contributed by atoms with Gasteiger partial charge in [0.25, 0.3) is 0 Å². The molecule has 0 aliphatic carbocycles. The number of esters is 1. The summed E-state index contributed by atoms with van der Waals surface area (Å²) < 4.78 is 11.3. The third-order valence-corrected chi connectivity index (χ3v) is 3.42. The van der Waals surface area contributed by atoms with Crippen molar-refractivity contribution in [2.45, 2.75) is 46.1 Å². The largest absolute Gasteiger partial charge is 0.483 e. The lowest BCUT2D eigenvalue weighted by atomic mass is 9.94. The molecule has 21 heavy (non-hydrogen) atoms. The van der Waals surface area contributed by atoms with E-state index >= 15 is 0 Å². The van der Waals surface area contributed by atoms with E-state index in [9.17, 15) is 4.79 Å². The number of carbonyl (C=O) groups excluding carboxylic acids is 1. The molecule has 3 nitrogen and oxygen atoms in total. The number of carbonyl (C=O) groups is 1. The molecule has 0 amide bonds. The molecule has 1 aliphatic heterocycles. The van der Waals surface area contributed by atoms with E-state index in [1.54, 1.807) is 6.07 Å². The van der Waals surface area contributed by atoms with Gasteiger partial charge in [-0.15, -0.1) is 0 Å². The molecule has 1 atom stereocenters. The number of rotatable bonds is 4. The molecule has 0 saturated heterocycles. The number of ether oxygens (including phenoxy) is 2. The fraction of sp³-hybridized carbons (Fsp3) is 0.389. The Hall–Kier alpha value is -2.03. The molecule has 3 heteroatoms. The molecule has 0 N–H and O–H groups in total. The molecule has 0 unspecified atom stereocenters. The zero-order valence-corrected chi connectivity index (χ0v) is 13.1. The van der Waals surface area contributed by atoms with Gasteiger partial charge in [0.05, 0.1) is 5.56 Å². The molecule has 0 bridgehead atoms. The number of benzene rings is 1. The molecule has 0 saturated carbocycles. The van der Waals surface area contributed by atoms with Crippen LogP contribution in [0.4, 0.5) is 0 Å². The van der Waals surface area contributed by atoms with E-state index in [0.29, 0.717) is 5.75 Å². The van der Waals surface area contributed by atoms with Gasteiger partial charge in [-0.05, 0) is 57.9 Å². The van der Waals surface area contributed by atoms with Crippen LogP contribution in [0, 0.1) is 0 Å². The van der Waals surface area contributed by atoms with Crippen LogP contribution < -0.4 is 9.47 Å². The predicted octanol–water partition coefficient (Wildman–Crippen LogP) is 4.52. The van der Waals surface area contributed by atoms with Crippen LogP contribution in [0.1, 0.15) is 46.1 Å². The van der Waals surface area contributed by atoms with E-state index in [-0.39, 0.29) is 11.6 Å².